The average Bonchev–Trinajstić information content (AvgIpc) is 2.65. The van der Waals surface area contributed by atoms with Crippen molar-refractivity contribution in [3.63, 3.8) is 0 Å². The van der Waals surface area contributed by atoms with E-state index in [2.05, 4.69) is 59.4 Å². The molecule has 1 fully saturated rings. The van der Waals surface area contributed by atoms with Gasteiger partial charge >= 0.3 is 0 Å². The van der Waals surface area contributed by atoms with Crippen molar-refractivity contribution < 1.29 is 4.74 Å². The van der Waals surface area contributed by atoms with Gasteiger partial charge in [0.1, 0.15) is 0 Å². The molecule has 0 amide bonds. The molecule has 5 heteroatoms. The first-order valence-electron chi connectivity index (χ1n) is 9.47. The van der Waals surface area contributed by atoms with Crippen LogP contribution in [0.2, 0.25) is 0 Å². The lowest BCUT2D eigenvalue weighted by Crippen LogP contribution is -2.40. The SMILES string of the molecule is CCNC(=NCC1CCN(CCOC)CC1)N(C)Cc1ccccc1. The van der Waals surface area contributed by atoms with Crippen LogP contribution < -0.4 is 5.32 Å². The normalized spacial score (nSPS) is 16.8. The minimum atomic E-state index is 0.692. The third-order valence-electron chi connectivity index (χ3n) is 4.78. The zero-order valence-corrected chi connectivity index (χ0v) is 16.1. The van der Waals surface area contributed by atoms with Crippen LogP contribution in [0.1, 0.15) is 25.3 Å². The summed E-state index contributed by atoms with van der Waals surface area (Å²) in [7, 11) is 3.89. The molecular formula is C20H34N4O. The number of ether oxygens (including phenoxy) is 1. The summed E-state index contributed by atoms with van der Waals surface area (Å²) in [5, 5.41) is 3.43. The van der Waals surface area contributed by atoms with Gasteiger partial charge in [-0.15, -0.1) is 0 Å². The van der Waals surface area contributed by atoms with Gasteiger partial charge in [0.15, 0.2) is 5.96 Å². The molecule has 0 unspecified atom stereocenters. The molecule has 5 nitrogen and oxygen atoms in total. The molecule has 0 radical (unpaired) electrons. The monoisotopic (exact) mass is 346 g/mol. The first kappa shape index (κ1) is 19.7. The Morgan fingerprint density at radius 1 is 1.28 bits per heavy atom. The van der Waals surface area contributed by atoms with Crippen LogP contribution >= 0.6 is 0 Å². The van der Waals surface area contributed by atoms with Gasteiger partial charge in [0.25, 0.3) is 0 Å². The van der Waals surface area contributed by atoms with Crippen LogP contribution in [0.25, 0.3) is 0 Å². The second-order valence-corrected chi connectivity index (χ2v) is 6.81. The van der Waals surface area contributed by atoms with Crippen molar-refractivity contribution in [2.24, 2.45) is 10.9 Å². The number of nitrogens with zero attached hydrogens (tertiary/aromatic N) is 3. The summed E-state index contributed by atoms with van der Waals surface area (Å²) < 4.78 is 5.18. The molecule has 0 saturated carbocycles. The highest BCUT2D eigenvalue weighted by Gasteiger charge is 2.19. The molecule has 0 aromatic heterocycles. The van der Waals surface area contributed by atoms with Crippen molar-refractivity contribution in [1.29, 1.82) is 0 Å². The topological polar surface area (TPSA) is 40.1 Å². The minimum absolute atomic E-state index is 0.692. The quantitative estimate of drug-likeness (QED) is 0.580. The molecule has 1 aliphatic rings. The van der Waals surface area contributed by atoms with Crippen LogP contribution in [0, 0.1) is 5.92 Å². The van der Waals surface area contributed by atoms with Crippen molar-refractivity contribution in [2.45, 2.75) is 26.3 Å². The van der Waals surface area contributed by atoms with E-state index >= 15 is 0 Å². The Labute approximate surface area is 153 Å². The fraction of sp³-hybridized carbons (Fsp3) is 0.650. The number of benzene rings is 1. The zero-order valence-electron chi connectivity index (χ0n) is 16.1. The van der Waals surface area contributed by atoms with Gasteiger partial charge in [-0.05, 0) is 44.3 Å². The lowest BCUT2D eigenvalue weighted by atomic mass is 9.97. The number of hydrogen-bond donors (Lipinski definition) is 1. The van der Waals surface area contributed by atoms with Crippen molar-refractivity contribution in [1.82, 2.24) is 15.1 Å². The van der Waals surface area contributed by atoms with Crippen LogP contribution in [-0.4, -0.2) is 69.2 Å². The van der Waals surface area contributed by atoms with Crippen molar-refractivity contribution in [3.8, 4) is 0 Å². The summed E-state index contributed by atoms with van der Waals surface area (Å²) in [5.41, 5.74) is 1.31. The number of guanidine groups is 1. The summed E-state index contributed by atoms with van der Waals surface area (Å²) >= 11 is 0. The molecule has 0 spiro atoms. The number of methoxy groups -OCH3 is 1. The Morgan fingerprint density at radius 3 is 2.64 bits per heavy atom. The van der Waals surface area contributed by atoms with E-state index in [1.165, 1.54) is 31.5 Å². The highest BCUT2D eigenvalue weighted by Crippen LogP contribution is 2.17. The molecule has 2 rings (SSSR count). The fourth-order valence-electron chi connectivity index (χ4n) is 3.23. The lowest BCUT2D eigenvalue weighted by Gasteiger charge is -2.31. The number of hydrogen-bond acceptors (Lipinski definition) is 3. The van der Waals surface area contributed by atoms with Crippen LogP contribution in [-0.2, 0) is 11.3 Å². The molecule has 1 saturated heterocycles. The smallest absolute Gasteiger partial charge is 0.193 e. The Balaban J connectivity index is 1.83. The molecular weight excluding hydrogens is 312 g/mol. The maximum absolute atomic E-state index is 5.18. The lowest BCUT2D eigenvalue weighted by molar-refractivity contribution is 0.121. The van der Waals surface area contributed by atoms with Crippen LogP contribution in [0.3, 0.4) is 0 Å². The Hall–Kier alpha value is -1.59. The molecule has 0 aliphatic carbocycles. The van der Waals surface area contributed by atoms with Gasteiger partial charge in [-0.25, -0.2) is 0 Å². The molecule has 1 N–H and O–H groups in total. The van der Waals surface area contributed by atoms with Gasteiger partial charge in [0.2, 0.25) is 0 Å². The van der Waals surface area contributed by atoms with Gasteiger partial charge < -0.3 is 19.9 Å². The van der Waals surface area contributed by atoms with Crippen molar-refractivity contribution in [2.75, 3.05) is 53.5 Å². The van der Waals surface area contributed by atoms with Gasteiger partial charge in [0.05, 0.1) is 6.61 Å². The van der Waals surface area contributed by atoms with Crippen molar-refractivity contribution >= 4 is 5.96 Å². The summed E-state index contributed by atoms with van der Waals surface area (Å²) in [6.45, 7) is 9.03. The Morgan fingerprint density at radius 2 is 2.00 bits per heavy atom. The number of piperidine rings is 1. The fourth-order valence-corrected chi connectivity index (χ4v) is 3.23. The van der Waals surface area contributed by atoms with E-state index in [9.17, 15) is 0 Å². The first-order chi connectivity index (χ1) is 12.2. The third kappa shape index (κ3) is 7.04. The molecule has 1 aromatic rings. The van der Waals surface area contributed by atoms with Gasteiger partial charge in [0, 0.05) is 40.3 Å². The highest BCUT2D eigenvalue weighted by atomic mass is 16.5. The second-order valence-electron chi connectivity index (χ2n) is 6.81. The van der Waals surface area contributed by atoms with Crippen molar-refractivity contribution in [3.05, 3.63) is 35.9 Å². The van der Waals surface area contributed by atoms with E-state index in [0.717, 1.165) is 38.7 Å². The number of likely N-dealkylation sites (tertiary alicyclic amines) is 1. The highest BCUT2D eigenvalue weighted by molar-refractivity contribution is 5.79. The van der Waals surface area contributed by atoms with E-state index in [4.69, 9.17) is 9.73 Å². The number of rotatable bonds is 8. The van der Waals surface area contributed by atoms with E-state index in [1.54, 1.807) is 7.11 Å². The predicted molar refractivity (Wildman–Crippen MR) is 105 cm³/mol. The van der Waals surface area contributed by atoms with Crippen LogP contribution in [0.15, 0.2) is 35.3 Å². The van der Waals surface area contributed by atoms with Gasteiger partial charge in [-0.2, -0.15) is 0 Å². The van der Waals surface area contributed by atoms with E-state index in [0.29, 0.717) is 5.92 Å². The standard InChI is InChI=1S/C20H34N4O/c1-4-21-20(23(2)17-19-8-6-5-7-9-19)22-16-18-10-12-24(13-11-18)14-15-25-3/h5-9,18H,4,10-17H2,1-3H3,(H,21,22). The maximum atomic E-state index is 5.18. The first-order valence-corrected chi connectivity index (χ1v) is 9.47. The molecule has 1 aliphatic heterocycles. The number of aliphatic imine (C=N–C) groups is 1. The zero-order chi connectivity index (χ0) is 17.9. The summed E-state index contributed by atoms with van der Waals surface area (Å²) in [4.78, 5) is 9.62. The molecule has 25 heavy (non-hydrogen) atoms. The summed E-state index contributed by atoms with van der Waals surface area (Å²) in [6.07, 6.45) is 2.46. The third-order valence-corrected chi connectivity index (χ3v) is 4.78. The minimum Gasteiger partial charge on any atom is -0.383 e. The van der Waals surface area contributed by atoms with Gasteiger partial charge in [-0.1, -0.05) is 30.3 Å². The maximum Gasteiger partial charge on any atom is 0.193 e. The van der Waals surface area contributed by atoms with Gasteiger partial charge in [-0.3, -0.25) is 4.99 Å². The molecule has 0 bridgehead atoms. The summed E-state index contributed by atoms with van der Waals surface area (Å²) in [6, 6.07) is 10.6. The molecule has 1 heterocycles. The van der Waals surface area contributed by atoms with E-state index in [1.807, 2.05) is 0 Å². The number of nitrogens with one attached hydrogen (secondary N) is 1. The van der Waals surface area contributed by atoms with Crippen LogP contribution in [0.4, 0.5) is 0 Å². The molecule has 1 aromatic carbocycles. The molecule has 140 valence electrons. The average molecular weight is 347 g/mol. The largest absolute Gasteiger partial charge is 0.383 e. The summed E-state index contributed by atoms with van der Waals surface area (Å²) in [5.74, 6) is 1.70. The second kappa shape index (κ2) is 11.1. The predicted octanol–water partition coefficient (Wildman–Crippen LogP) is 2.44. The van der Waals surface area contributed by atoms with Crippen LogP contribution in [0.5, 0.6) is 0 Å². The molecule has 0 atom stereocenters. The van der Waals surface area contributed by atoms with E-state index in [-0.39, 0.29) is 0 Å². The Kier molecular flexibility index (Phi) is 8.77. The van der Waals surface area contributed by atoms with E-state index < -0.39 is 0 Å². The Bertz CT molecular complexity index is 498.